The van der Waals surface area contributed by atoms with Crippen molar-refractivity contribution in [1.29, 1.82) is 0 Å². The van der Waals surface area contributed by atoms with Gasteiger partial charge in [-0.3, -0.25) is 6.08 Å². The van der Waals surface area contributed by atoms with Crippen molar-refractivity contribution >= 4 is 0 Å². The van der Waals surface area contributed by atoms with Crippen molar-refractivity contribution in [3.63, 3.8) is 0 Å². The Bertz CT molecular complexity index is 813. The Morgan fingerprint density at radius 1 is 0.700 bits per heavy atom. The molecule has 0 spiro atoms. The Morgan fingerprint density at radius 3 is 1.40 bits per heavy atom. The summed E-state index contributed by atoms with van der Waals surface area (Å²) >= 11 is 0. The smallest absolute Gasteiger partial charge is 1.00 e. The monoisotopic (exact) mass is 496 g/mol. The van der Waals surface area contributed by atoms with Gasteiger partial charge in [0.25, 0.3) is 0 Å². The van der Waals surface area contributed by atoms with Gasteiger partial charge in [-0.15, -0.1) is 0 Å². The fourth-order valence-corrected chi connectivity index (χ4v) is 4.37. The van der Waals surface area contributed by atoms with E-state index in [2.05, 4.69) is 97.0 Å². The zero-order chi connectivity index (χ0) is 19.1. The van der Waals surface area contributed by atoms with Crippen molar-refractivity contribution in [2.45, 2.75) is 60.8 Å². The maximum Gasteiger partial charge on any atom is 4.00 e. The minimum atomic E-state index is 0. The Kier molecular flexibility index (Phi) is 13.2. The summed E-state index contributed by atoms with van der Waals surface area (Å²) < 4.78 is 0. The Balaban J connectivity index is 0. The molecule has 0 nitrogen and oxygen atoms in total. The molecular weight excluding hydrogens is 467 g/mol. The third-order valence-electron chi connectivity index (χ3n) is 5.14. The Hall–Kier alpha value is -0.496. The molecule has 0 saturated carbocycles. The van der Waals surface area contributed by atoms with Gasteiger partial charge in [0.2, 0.25) is 0 Å². The first-order valence-corrected chi connectivity index (χ1v) is 9.63. The van der Waals surface area contributed by atoms with Gasteiger partial charge in [-0.1, -0.05) is 97.0 Å². The van der Waals surface area contributed by atoms with Gasteiger partial charge in [0.1, 0.15) is 0 Å². The Labute approximate surface area is 217 Å². The van der Waals surface area contributed by atoms with E-state index in [1.165, 1.54) is 44.5 Å². The molecule has 2 aromatic carbocycles. The summed E-state index contributed by atoms with van der Waals surface area (Å²) in [5.41, 5.74) is 11.1. The average Bonchev–Trinajstić information content (AvgIpc) is 2.94. The third-order valence-corrected chi connectivity index (χ3v) is 5.14. The summed E-state index contributed by atoms with van der Waals surface area (Å²) in [6.07, 6.45) is 6.79. The van der Waals surface area contributed by atoms with Crippen molar-refractivity contribution in [1.82, 2.24) is 0 Å². The molecule has 0 heterocycles. The van der Waals surface area contributed by atoms with Gasteiger partial charge in [0, 0.05) is 0 Å². The standard InChI is InChI=1S/C26H31.3ClH.Ti/c1-17-11-18(2)14-21(13-17)25(22-15-19(3)12-20(4)16-22)23-9-8-10-24(23)26(5,6)7;;;;/h8,11-16,25H,9H2,1-7H3;3*1H;/q-1;;;;+4/p-3. The van der Waals surface area contributed by atoms with E-state index in [0.717, 1.165) is 6.42 Å². The van der Waals surface area contributed by atoms with Gasteiger partial charge >= 0.3 is 21.7 Å². The van der Waals surface area contributed by atoms with Gasteiger partial charge in [-0.05, 0) is 39.0 Å². The second kappa shape index (κ2) is 12.5. The molecule has 0 fully saturated rings. The molecule has 0 radical (unpaired) electrons. The van der Waals surface area contributed by atoms with Crippen LogP contribution in [-0.4, -0.2) is 0 Å². The van der Waals surface area contributed by atoms with Crippen molar-refractivity contribution in [3.05, 3.63) is 93.1 Å². The maximum atomic E-state index is 3.58. The first-order chi connectivity index (χ1) is 12.1. The summed E-state index contributed by atoms with van der Waals surface area (Å²) in [5, 5.41) is 0. The second-order valence-corrected chi connectivity index (χ2v) is 8.98. The summed E-state index contributed by atoms with van der Waals surface area (Å²) in [5.74, 6) is 0.299. The van der Waals surface area contributed by atoms with Crippen LogP contribution >= 0.6 is 0 Å². The van der Waals surface area contributed by atoms with E-state index in [9.17, 15) is 0 Å². The molecule has 0 aliphatic heterocycles. The first kappa shape index (κ1) is 31.7. The molecule has 0 aromatic heterocycles. The molecule has 0 unspecified atom stereocenters. The number of rotatable bonds is 3. The molecule has 0 N–H and O–H groups in total. The summed E-state index contributed by atoms with van der Waals surface area (Å²) in [6.45, 7) is 15.7. The predicted octanol–water partition coefficient (Wildman–Crippen LogP) is -1.83. The van der Waals surface area contributed by atoms with Gasteiger partial charge in [-0.2, -0.15) is 11.6 Å². The van der Waals surface area contributed by atoms with Crippen molar-refractivity contribution < 1.29 is 58.9 Å². The van der Waals surface area contributed by atoms with Crippen molar-refractivity contribution in [2.75, 3.05) is 0 Å². The number of hydrogen-bond acceptors (Lipinski definition) is 0. The molecular formula is C26H31Cl3Ti. The maximum absolute atomic E-state index is 3.58. The van der Waals surface area contributed by atoms with Crippen LogP contribution in [0.3, 0.4) is 0 Å². The van der Waals surface area contributed by atoms with Crippen LogP contribution in [0.15, 0.2) is 53.6 Å². The van der Waals surface area contributed by atoms with Gasteiger partial charge in [0.15, 0.2) is 0 Å². The number of allylic oxidation sites excluding steroid dienone is 4. The van der Waals surface area contributed by atoms with E-state index in [0.29, 0.717) is 5.92 Å². The molecule has 30 heavy (non-hydrogen) atoms. The van der Waals surface area contributed by atoms with Gasteiger partial charge in [-0.25, -0.2) is 5.57 Å². The van der Waals surface area contributed by atoms with E-state index < -0.39 is 0 Å². The van der Waals surface area contributed by atoms with E-state index in [-0.39, 0.29) is 64.4 Å². The minimum absolute atomic E-state index is 0. The SMILES string of the molecule is Cc1cc(C)cc(C(C2=C(C(C)(C)C)[C-]=CC2)c2cc(C)cc(C)c2)c1.[Cl-].[Cl-].[Cl-].[Ti+4]. The molecule has 1 aliphatic carbocycles. The number of halogens is 3. The van der Waals surface area contributed by atoms with E-state index >= 15 is 0 Å². The summed E-state index contributed by atoms with van der Waals surface area (Å²) in [6, 6.07) is 14.0. The minimum Gasteiger partial charge on any atom is -1.00 e. The molecule has 3 rings (SSSR count). The molecule has 160 valence electrons. The number of aryl methyl sites for hydroxylation is 4. The van der Waals surface area contributed by atoms with Gasteiger partial charge < -0.3 is 37.2 Å². The van der Waals surface area contributed by atoms with Crippen LogP contribution in [0.25, 0.3) is 0 Å². The first-order valence-electron chi connectivity index (χ1n) is 9.63. The molecule has 2 aromatic rings. The number of benzene rings is 2. The molecule has 1 aliphatic rings. The molecule has 0 saturated heterocycles. The zero-order valence-electron chi connectivity index (χ0n) is 19.0. The van der Waals surface area contributed by atoms with Crippen LogP contribution in [0.1, 0.15) is 66.5 Å². The van der Waals surface area contributed by atoms with Gasteiger partial charge in [0.05, 0.1) is 0 Å². The fourth-order valence-electron chi connectivity index (χ4n) is 4.37. The summed E-state index contributed by atoms with van der Waals surface area (Å²) in [7, 11) is 0. The van der Waals surface area contributed by atoms with Crippen molar-refractivity contribution in [3.8, 4) is 0 Å². The van der Waals surface area contributed by atoms with Crippen LogP contribution in [-0.2, 0) is 21.7 Å². The average molecular weight is 498 g/mol. The zero-order valence-corrected chi connectivity index (χ0v) is 22.8. The van der Waals surface area contributed by atoms with E-state index in [1.807, 2.05) is 0 Å². The Morgan fingerprint density at radius 2 is 1.07 bits per heavy atom. The topological polar surface area (TPSA) is 0 Å². The largest absolute Gasteiger partial charge is 4.00 e. The number of hydrogen-bond donors (Lipinski definition) is 0. The van der Waals surface area contributed by atoms with Crippen LogP contribution in [0.4, 0.5) is 0 Å². The molecule has 0 bridgehead atoms. The fraction of sp³-hybridized carbons (Fsp3) is 0.385. The quantitative estimate of drug-likeness (QED) is 0.346. The molecule has 0 atom stereocenters. The van der Waals surface area contributed by atoms with E-state index in [1.54, 1.807) is 0 Å². The van der Waals surface area contributed by atoms with E-state index in [4.69, 9.17) is 0 Å². The predicted molar refractivity (Wildman–Crippen MR) is 113 cm³/mol. The van der Waals surface area contributed by atoms with Crippen LogP contribution < -0.4 is 37.2 Å². The van der Waals surface area contributed by atoms with Crippen LogP contribution in [0.2, 0.25) is 0 Å². The third kappa shape index (κ3) is 7.28. The molecule has 0 amide bonds. The normalized spacial score (nSPS) is 12.7. The van der Waals surface area contributed by atoms with Crippen LogP contribution in [0.5, 0.6) is 0 Å². The van der Waals surface area contributed by atoms with Crippen molar-refractivity contribution in [2.24, 2.45) is 5.41 Å². The van der Waals surface area contributed by atoms with Crippen LogP contribution in [0, 0.1) is 39.2 Å². The molecule has 4 heteroatoms. The summed E-state index contributed by atoms with van der Waals surface area (Å²) in [4.78, 5) is 0. The second-order valence-electron chi connectivity index (χ2n) is 8.98.